The van der Waals surface area contributed by atoms with Gasteiger partial charge in [-0.3, -0.25) is 0 Å². The predicted octanol–water partition coefficient (Wildman–Crippen LogP) is 6.59. The molecule has 0 aliphatic carbocycles. The van der Waals surface area contributed by atoms with E-state index < -0.39 is 5.97 Å². The van der Waals surface area contributed by atoms with E-state index in [0.29, 0.717) is 30.7 Å². The van der Waals surface area contributed by atoms with Crippen LogP contribution in [-0.4, -0.2) is 42.6 Å². The van der Waals surface area contributed by atoms with Crippen molar-refractivity contribution in [2.45, 2.75) is 13.5 Å². The van der Waals surface area contributed by atoms with Crippen LogP contribution in [0.5, 0.6) is 11.5 Å². The molecule has 192 valence electrons. The molecule has 1 N–H and O–H groups in total. The lowest BCUT2D eigenvalue weighted by atomic mass is 10.0. The van der Waals surface area contributed by atoms with E-state index in [1.54, 1.807) is 13.2 Å². The topological polar surface area (TPSA) is 83.1 Å². The van der Waals surface area contributed by atoms with E-state index in [1.807, 2.05) is 73.7 Å². The number of phenolic OH excluding ortho intramolecular Hbond substituents is 1. The number of hydrogen-bond donors (Lipinski definition) is 1. The van der Waals surface area contributed by atoms with Gasteiger partial charge in [-0.2, -0.15) is 0 Å². The molecule has 7 heteroatoms. The van der Waals surface area contributed by atoms with Crippen molar-refractivity contribution in [1.82, 2.24) is 4.57 Å². The molecule has 38 heavy (non-hydrogen) atoms. The van der Waals surface area contributed by atoms with Crippen LogP contribution in [0.3, 0.4) is 0 Å². The van der Waals surface area contributed by atoms with Gasteiger partial charge in [-0.25, -0.2) is 4.79 Å². The Morgan fingerprint density at radius 1 is 0.842 bits per heavy atom. The van der Waals surface area contributed by atoms with Crippen LogP contribution in [0.25, 0.3) is 43.6 Å². The summed E-state index contributed by atoms with van der Waals surface area (Å²) in [6, 6.07) is 23.0. The van der Waals surface area contributed by atoms with Crippen molar-refractivity contribution in [2.75, 3.05) is 26.9 Å². The molecule has 0 saturated carbocycles. The fourth-order valence-corrected chi connectivity index (χ4v) is 5.20. The smallest absolute Gasteiger partial charge is 0.340 e. The quantitative estimate of drug-likeness (QED) is 0.184. The number of benzene rings is 4. The lowest BCUT2D eigenvalue weighted by molar-refractivity contribution is 0.0389. The Kier molecular flexibility index (Phi) is 6.13. The number of aromatic hydroxyl groups is 1. The standard InChI is InChI=1S/C31H27NO6/c1-19-29(31(34)37-16-15-35-2)25-18-26(33)21-7-3-4-9-23(21)30(25)32(19)13-14-36-20-11-12-28-24(17-20)22-8-5-6-10-27(22)38-28/h3-12,17-18,33H,13-16H2,1-2H3. The van der Waals surface area contributed by atoms with Crippen LogP contribution in [-0.2, 0) is 16.0 Å². The van der Waals surface area contributed by atoms with E-state index >= 15 is 0 Å². The number of carbonyl (C=O) groups excluding carboxylic acids is 1. The van der Waals surface area contributed by atoms with Gasteiger partial charge in [-0.15, -0.1) is 0 Å². The number of furan rings is 1. The van der Waals surface area contributed by atoms with Crippen LogP contribution in [0.4, 0.5) is 0 Å². The van der Waals surface area contributed by atoms with Crippen molar-refractivity contribution in [3.05, 3.63) is 84.1 Å². The van der Waals surface area contributed by atoms with E-state index in [9.17, 15) is 9.90 Å². The average molecular weight is 510 g/mol. The Labute approximate surface area is 218 Å². The third-order valence-electron chi connectivity index (χ3n) is 6.96. The first-order chi connectivity index (χ1) is 18.6. The molecule has 0 atom stereocenters. The first-order valence-electron chi connectivity index (χ1n) is 12.5. The van der Waals surface area contributed by atoms with Gasteiger partial charge in [-0.1, -0.05) is 42.5 Å². The molecule has 0 aliphatic rings. The molecule has 2 aromatic heterocycles. The molecule has 6 rings (SSSR count). The average Bonchev–Trinajstić information content (AvgIpc) is 3.43. The van der Waals surface area contributed by atoms with Crippen molar-refractivity contribution in [2.24, 2.45) is 0 Å². The predicted molar refractivity (Wildman–Crippen MR) is 147 cm³/mol. The lowest BCUT2D eigenvalue weighted by Crippen LogP contribution is -2.13. The lowest BCUT2D eigenvalue weighted by Gasteiger charge is -2.12. The minimum Gasteiger partial charge on any atom is -0.507 e. The molecule has 4 aromatic carbocycles. The van der Waals surface area contributed by atoms with Crippen molar-refractivity contribution in [3.8, 4) is 11.5 Å². The van der Waals surface area contributed by atoms with Gasteiger partial charge in [0.05, 0.1) is 24.2 Å². The second-order valence-electron chi connectivity index (χ2n) is 9.18. The van der Waals surface area contributed by atoms with Crippen molar-refractivity contribution < 1.29 is 28.5 Å². The Hall–Kier alpha value is -4.49. The highest BCUT2D eigenvalue weighted by molar-refractivity contribution is 6.16. The summed E-state index contributed by atoms with van der Waals surface area (Å²) in [5.41, 5.74) is 3.69. The maximum absolute atomic E-state index is 13.1. The summed E-state index contributed by atoms with van der Waals surface area (Å²) in [4.78, 5) is 13.1. The normalized spacial score (nSPS) is 11.6. The van der Waals surface area contributed by atoms with Crippen LogP contribution >= 0.6 is 0 Å². The van der Waals surface area contributed by atoms with Crippen molar-refractivity contribution in [1.29, 1.82) is 0 Å². The minimum absolute atomic E-state index is 0.119. The van der Waals surface area contributed by atoms with E-state index in [1.165, 1.54) is 0 Å². The zero-order chi connectivity index (χ0) is 26.2. The molecule has 6 aromatic rings. The summed E-state index contributed by atoms with van der Waals surface area (Å²) < 4.78 is 24.7. The van der Waals surface area contributed by atoms with Crippen molar-refractivity contribution >= 4 is 49.6 Å². The summed E-state index contributed by atoms with van der Waals surface area (Å²) in [6.45, 7) is 3.21. The fraction of sp³-hybridized carbons (Fsp3) is 0.194. The number of carbonyl (C=O) groups is 1. The summed E-state index contributed by atoms with van der Waals surface area (Å²) >= 11 is 0. The number of fused-ring (bicyclic) bond motifs is 6. The van der Waals surface area contributed by atoms with Gasteiger partial charge in [0.25, 0.3) is 0 Å². The first kappa shape index (κ1) is 23.9. The molecule has 0 radical (unpaired) electrons. The monoisotopic (exact) mass is 509 g/mol. The van der Waals surface area contributed by atoms with Gasteiger partial charge < -0.3 is 28.3 Å². The van der Waals surface area contributed by atoms with Gasteiger partial charge in [0.1, 0.15) is 35.9 Å². The number of rotatable bonds is 8. The second kappa shape index (κ2) is 9.76. The number of hydrogen-bond acceptors (Lipinski definition) is 6. The molecule has 0 amide bonds. The third-order valence-corrected chi connectivity index (χ3v) is 6.96. The van der Waals surface area contributed by atoms with E-state index in [4.69, 9.17) is 18.6 Å². The van der Waals surface area contributed by atoms with Gasteiger partial charge in [0.2, 0.25) is 0 Å². The van der Waals surface area contributed by atoms with E-state index in [0.717, 1.165) is 49.7 Å². The third kappa shape index (κ3) is 4.01. The van der Waals surface area contributed by atoms with Gasteiger partial charge in [0.15, 0.2) is 0 Å². The molecule has 0 saturated heterocycles. The number of nitrogens with zero attached hydrogens (tertiary/aromatic N) is 1. The number of methoxy groups -OCH3 is 1. The summed E-state index contributed by atoms with van der Waals surface area (Å²) in [5.74, 6) is 0.407. The highest BCUT2D eigenvalue weighted by Gasteiger charge is 2.24. The number of ether oxygens (including phenoxy) is 3. The molecule has 0 bridgehead atoms. The molecule has 0 unspecified atom stereocenters. The Bertz CT molecular complexity index is 1810. The SMILES string of the molecule is COCCOC(=O)c1c(C)n(CCOc2ccc3oc4ccccc4c3c2)c2c1cc(O)c1ccccc12. The van der Waals surface area contributed by atoms with Crippen LogP contribution in [0.1, 0.15) is 16.1 Å². The summed E-state index contributed by atoms with van der Waals surface area (Å²) in [6.07, 6.45) is 0. The zero-order valence-electron chi connectivity index (χ0n) is 21.2. The highest BCUT2D eigenvalue weighted by atomic mass is 16.6. The van der Waals surface area contributed by atoms with E-state index in [-0.39, 0.29) is 12.4 Å². The zero-order valence-corrected chi connectivity index (χ0v) is 21.2. The summed E-state index contributed by atoms with van der Waals surface area (Å²) in [7, 11) is 1.56. The van der Waals surface area contributed by atoms with E-state index in [2.05, 4.69) is 4.57 Å². The molecule has 0 aliphatic heterocycles. The van der Waals surface area contributed by atoms with Crippen LogP contribution in [0, 0.1) is 6.92 Å². The van der Waals surface area contributed by atoms with Gasteiger partial charge in [0, 0.05) is 39.7 Å². The van der Waals surface area contributed by atoms with Crippen LogP contribution in [0.2, 0.25) is 0 Å². The van der Waals surface area contributed by atoms with Crippen LogP contribution in [0.15, 0.2) is 77.2 Å². The van der Waals surface area contributed by atoms with Crippen LogP contribution < -0.4 is 4.74 Å². The fourth-order valence-electron chi connectivity index (χ4n) is 5.20. The Morgan fingerprint density at radius 2 is 1.58 bits per heavy atom. The molecule has 0 fully saturated rings. The highest BCUT2D eigenvalue weighted by Crippen LogP contribution is 2.38. The largest absolute Gasteiger partial charge is 0.507 e. The molecule has 0 spiro atoms. The number of para-hydroxylation sites is 1. The molecule has 2 heterocycles. The van der Waals surface area contributed by atoms with Crippen molar-refractivity contribution in [3.63, 3.8) is 0 Å². The Balaban J connectivity index is 1.36. The Morgan fingerprint density at radius 3 is 2.39 bits per heavy atom. The molecular weight excluding hydrogens is 482 g/mol. The first-order valence-corrected chi connectivity index (χ1v) is 12.5. The number of esters is 1. The molecule has 7 nitrogen and oxygen atoms in total. The maximum atomic E-state index is 13.1. The maximum Gasteiger partial charge on any atom is 0.340 e. The minimum atomic E-state index is -0.448. The summed E-state index contributed by atoms with van der Waals surface area (Å²) in [5, 5.41) is 15.0. The molecular formula is C31H27NO6. The number of phenols is 1. The van der Waals surface area contributed by atoms with Gasteiger partial charge in [-0.05, 0) is 37.3 Å². The second-order valence-corrected chi connectivity index (χ2v) is 9.18. The van der Waals surface area contributed by atoms with Gasteiger partial charge >= 0.3 is 5.97 Å². The number of aromatic nitrogens is 1.